The van der Waals surface area contributed by atoms with Crippen LogP contribution in [0.15, 0.2) is 79.1 Å². The average molecular weight is 543 g/mol. The summed E-state index contributed by atoms with van der Waals surface area (Å²) < 4.78 is 19.7. The molecule has 0 radical (unpaired) electrons. The second-order valence-electron chi connectivity index (χ2n) is 9.95. The minimum atomic E-state index is -0.588. The van der Waals surface area contributed by atoms with E-state index in [-0.39, 0.29) is 48.8 Å². The first kappa shape index (κ1) is 27.1. The number of benzene rings is 2. The largest absolute Gasteiger partial charge is 0.494 e. The van der Waals surface area contributed by atoms with Crippen LogP contribution in [0.2, 0.25) is 0 Å². The minimum absolute atomic E-state index is 0.148. The van der Waals surface area contributed by atoms with Gasteiger partial charge in [0, 0.05) is 50.9 Å². The van der Waals surface area contributed by atoms with E-state index in [2.05, 4.69) is 10.3 Å². The van der Waals surface area contributed by atoms with Gasteiger partial charge in [-0.1, -0.05) is 42.5 Å². The van der Waals surface area contributed by atoms with E-state index in [1.165, 1.54) is 6.20 Å². The van der Waals surface area contributed by atoms with Gasteiger partial charge in [0.05, 0.1) is 24.3 Å². The number of amides is 3. The molecule has 1 saturated heterocycles. The van der Waals surface area contributed by atoms with Gasteiger partial charge in [0.15, 0.2) is 0 Å². The topological polar surface area (TPSA) is 91.8 Å². The SMILES string of the molecule is O=C1NCCN(C(=O)c2cncc(F)c2)CCCOc2cccc(c2)[C@H]2CN(C(=O)C=Cc3ccccc3)C[C@H]12. The van der Waals surface area contributed by atoms with Crippen LogP contribution in [0.5, 0.6) is 5.75 Å². The molecule has 9 heteroatoms. The Bertz CT molecular complexity index is 1400. The quantitative estimate of drug-likeness (QED) is 0.512. The first-order valence-electron chi connectivity index (χ1n) is 13.4. The van der Waals surface area contributed by atoms with Crippen LogP contribution in [-0.4, -0.2) is 71.8 Å². The Morgan fingerprint density at radius 2 is 1.80 bits per heavy atom. The Morgan fingerprint density at radius 3 is 2.62 bits per heavy atom. The zero-order valence-electron chi connectivity index (χ0n) is 22.0. The number of likely N-dealkylation sites (tertiary alicyclic amines) is 1. The van der Waals surface area contributed by atoms with E-state index in [4.69, 9.17) is 4.74 Å². The molecule has 40 heavy (non-hydrogen) atoms. The molecule has 8 nitrogen and oxygen atoms in total. The zero-order chi connectivity index (χ0) is 27.9. The molecule has 0 spiro atoms. The van der Waals surface area contributed by atoms with Gasteiger partial charge in [0.25, 0.3) is 5.91 Å². The highest BCUT2D eigenvalue weighted by Crippen LogP contribution is 2.35. The maximum Gasteiger partial charge on any atom is 0.255 e. The third-order valence-corrected chi connectivity index (χ3v) is 7.23. The lowest BCUT2D eigenvalue weighted by molar-refractivity contribution is -0.126. The number of fused-ring (bicyclic) bond motifs is 4. The molecule has 1 aromatic heterocycles. The third kappa shape index (κ3) is 6.54. The number of pyridine rings is 1. The van der Waals surface area contributed by atoms with Crippen molar-refractivity contribution in [2.45, 2.75) is 12.3 Å². The fourth-order valence-corrected chi connectivity index (χ4v) is 5.18. The van der Waals surface area contributed by atoms with E-state index in [1.807, 2.05) is 54.6 Å². The van der Waals surface area contributed by atoms with E-state index in [1.54, 1.807) is 22.0 Å². The van der Waals surface area contributed by atoms with Crippen molar-refractivity contribution in [2.75, 3.05) is 39.3 Å². The number of carbonyl (C=O) groups is 3. The summed E-state index contributed by atoms with van der Waals surface area (Å²) in [6.07, 6.45) is 6.24. The van der Waals surface area contributed by atoms with Gasteiger partial charge in [0.2, 0.25) is 11.8 Å². The van der Waals surface area contributed by atoms with Crippen LogP contribution in [0, 0.1) is 11.7 Å². The molecular formula is C31H31FN4O4. The van der Waals surface area contributed by atoms with Crippen molar-refractivity contribution in [3.63, 3.8) is 0 Å². The first-order valence-corrected chi connectivity index (χ1v) is 13.4. The molecule has 2 atom stereocenters. The fourth-order valence-electron chi connectivity index (χ4n) is 5.18. The highest BCUT2D eigenvalue weighted by molar-refractivity contribution is 5.94. The van der Waals surface area contributed by atoms with E-state index in [0.29, 0.717) is 31.9 Å². The molecule has 0 aliphatic carbocycles. The van der Waals surface area contributed by atoms with E-state index < -0.39 is 11.7 Å². The number of nitrogens with one attached hydrogen (secondary N) is 1. The lowest BCUT2D eigenvalue weighted by atomic mass is 9.88. The number of ether oxygens (including phenoxy) is 1. The number of halogens is 1. The van der Waals surface area contributed by atoms with E-state index in [0.717, 1.165) is 23.4 Å². The molecule has 1 N–H and O–H groups in total. The predicted molar refractivity (Wildman–Crippen MR) is 148 cm³/mol. The molecule has 0 saturated carbocycles. The first-order chi connectivity index (χ1) is 19.5. The lowest BCUT2D eigenvalue weighted by Crippen LogP contribution is -2.42. The maximum absolute atomic E-state index is 13.7. The Labute approximate surface area is 232 Å². The predicted octanol–water partition coefficient (Wildman–Crippen LogP) is 3.52. The second kappa shape index (κ2) is 12.5. The van der Waals surface area contributed by atoms with Crippen molar-refractivity contribution >= 4 is 23.8 Å². The molecule has 3 heterocycles. The molecule has 206 valence electrons. The summed E-state index contributed by atoms with van der Waals surface area (Å²) in [7, 11) is 0. The van der Waals surface area contributed by atoms with Crippen molar-refractivity contribution in [3.8, 4) is 5.75 Å². The number of nitrogens with zero attached hydrogens (tertiary/aromatic N) is 3. The highest BCUT2D eigenvalue weighted by Gasteiger charge is 2.40. The summed E-state index contributed by atoms with van der Waals surface area (Å²) >= 11 is 0. The van der Waals surface area contributed by atoms with Gasteiger partial charge >= 0.3 is 0 Å². The van der Waals surface area contributed by atoms with Crippen molar-refractivity contribution in [1.82, 2.24) is 20.1 Å². The summed E-state index contributed by atoms with van der Waals surface area (Å²) in [5, 5.41) is 2.97. The smallest absolute Gasteiger partial charge is 0.255 e. The molecule has 2 bridgehead atoms. The summed E-state index contributed by atoms with van der Waals surface area (Å²) in [6.45, 7) is 1.89. The normalized spacial score (nSPS) is 19.9. The molecule has 0 unspecified atom stereocenters. The minimum Gasteiger partial charge on any atom is -0.494 e. The van der Waals surface area contributed by atoms with Crippen LogP contribution in [0.4, 0.5) is 4.39 Å². The van der Waals surface area contributed by atoms with Crippen LogP contribution in [0.25, 0.3) is 6.08 Å². The molecule has 2 aromatic carbocycles. The number of carbonyl (C=O) groups excluding carboxylic acids is 3. The summed E-state index contributed by atoms with van der Waals surface area (Å²) in [4.78, 5) is 46.7. The molecule has 3 aromatic rings. The zero-order valence-corrected chi connectivity index (χ0v) is 22.0. The Kier molecular flexibility index (Phi) is 8.49. The van der Waals surface area contributed by atoms with Crippen molar-refractivity contribution < 1.29 is 23.5 Å². The molecule has 5 rings (SSSR count). The number of hydrogen-bond acceptors (Lipinski definition) is 5. The lowest BCUT2D eigenvalue weighted by Gasteiger charge is -2.25. The maximum atomic E-state index is 13.7. The van der Waals surface area contributed by atoms with Gasteiger partial charge in [-0.3, -0.25) is 19.4 Å². The standard InChI is InChI=1S/C31H31FN4O4/c32-25-16-24(18-33-19-25)31(39)35-13-5-15-40-26-9-4-8-23(17-26)27-20-36(21-28(27)30(38)34-12-14-35)29(37)11-10-22-6-2-1-3-7-22/h1-4,6-11,16-19,27-28H,5,12-15,20-21H2,(H,34,38)/t27-,28+/m1/s1. The van der Waals surface area contributed by atoms with Crippen LogP contribution < -0.4 is 10.1 Å². The molecule has 2 aliphatic rings. The second-order valence-corrected chi connectivity index (χ2v) is 9.95. The Morgan fingerprint density at radius 1 is 0.975 bits per heavy atom. The third-order valence-electron chi connectivity index (χ3n) is 7.23. The van der Waals surface area contributed by atoms with Gasteiger partial charge < -0.3 is 19.9 Å². The van der Waals surface area contributed by atoms with Gasteiger partial charge in [0.1, 0.15) is 11.6 Å². The summed E-state index contributed by atoms with van der Waals surface area (Å²) in [5.41, 5.74) is 2.01. The number of hydrogen-bond donors (Lipinski definition) is 1. The number of rotatable bonds is 3. The molecular weight excluding hydrogens is 511 g/mol. The van der Waals surface area contributed by atoms with Crippen LogP contribution in [0.1, 0.15) is 33.8 Å². The van der Waals surface area contributed by atoms with Crippen molar-refractivity contribution in [2.24, 2.45) is 5.92 Å². The van der Waals surface area contributed by atoms with E-state index in [9.17, 15) is 18.8 Å². The highest BCUT2D eigenvalue weighted by atomic mass is 19.1. The van der Waals surface area contributed by atoms with Crippen molar-refractivity contribution in [1.29, 1.82) is 0 Å². The Balaban J connectivity index is 1.34. The van der Waals surface area contributed by atoms with Crippen LogP contribution in [0.3, 0.4) is 0 Å². The molecule has 2 aliphatic heterocycles. The van der Waals surface area contributed by atoms with Gasteiger partial charge in [-0.25, -0.2) is 4.39 Å². The van der Waals surface area contributed by atoms with Crippen LogP contribution in [-0.2, 0) is 9.59 Å². The van der Waals surface area contributed by atoms with Gasteiger partial charge in [-0.05, 0) is 41.8 Å². The summed E-state index contributed by atoms with van der Waals surface area (Å²) in [6, 6.07) is 18.4. The number of aromatic nitrogens is 1. The van der Waals surface area contributed by atoms with E-state index >= 15 is 0 Å². The van der Waals surface area contributed by atoms with Crippen LogP contribution >= 0.6 is 0 Å². The van der Waals surface area contributed by atoms with Gasteiger partial charge in [-0.2, -0.15) is 0 Å². The average Bonchev–Trinajstić information content (AvgIpc) is 3.43. The monoisotopic (exact) mass is 542 g/mol. The Hall–Kier alpha value is -4.53. The molecule has 3 amide bonds. The fraction of sp³-hybridized carbons (Fsp3) is 0.290. The summed E-state index contributed by atoms with van der Waals surface area (Å²) in [5.74, 6) is -1.31. The van der Waals surface area contributed by atoms with Crippen molar-refractivity contribution in [3.05, 3.63) is 102 Å². The van der Waals surface area contributed by atoms with Gasteiger partial charge in [-0.15, -0.1) is 0 Å². The molecule has 1 fully saturated rings.